The Bertz CT molecular complexity index is 1330. The fourth-order valence-electron chi connectivity index (χ4n) is 4.51. The van der Waals surface area contributed by atoms with Gasteiger partial charge < -0.3 is 19.8 Å². The molecule has 1 saturated heterocycles. The average Bonchev–Trinajstić information content (AvgIpc) is 3.48. The highest BCUT2D eigenvalue weighted by Crippen LogP contribution is 2.38. The molecule has 1 aliphatic carbocycles. The zero-order valence-electron chi connectivity index (χ0n) is 19.5. The summed E-state index contributed by atoms with van der Waals surface area (Å²) >= 11 is 0. The molecule has 0 aromatic carbocycles. The number of amides is 2. The van der Waals surface area contributed by atoms with Crippen LogP contribution >= 0.6 is 0 Å². The number of rotatable bonds is 6. The van der Waals surface area contributed by atoms with Crippen molar-refractivity contribution in [2.75, 3.05) is 26.2 Å². The van der Waals surface area contributed by atoms with E-state index in [1.165, 1.54) is 26.0 Å². The fraction of sp³-hybridized carbons (Fsp3) is 0.435. The van der Waals surface area contributed by atoms with Gasteiger partial charge in [0.05, 0.1) is 0 Å². The second kappa shape index (κ2) is 8.77. The molecule has 2 aromatic heterocycles. The number of carbonyl (C=O) groups excluding carboxylic acids is 2. The molecule has 34 heavy (non-hydrogen) atoms. The summed E-state index contributed by atoms with van der Waals surface area (Å²) in [5.41, 5.74) is 8.41. The van der Waals surface area contributed by atoms with Crippen molar-refractivity contribution in [2.45, 2.75) is 37.6 Å². The molecule has 3 heterocycles. The zero-order chi connectivity index (χ0) is 24.8. The van der Waals surface area contributed by atoms with E-state index in [0.717, 1.165) is 29.8 Å². The second-order valence-electron chi connectivity index (χ2n) is 8.83. The molecule has 1 saturated carbocycles. The highest BCUT2D eigenvalue weighted by atomic mass is 32.2. The average molecular weight is 485 g/mol. The summed E-state index contributed by atoms with van der Waals surface area (Å²) in [4.78, 5) is 26.0. The fourth-order valence-corrected chi connectivity index (χ4v) is 6.01. The number of nitrogens with two attached hydrogens (primary N) is 1. The number of nitrogens with zero attached hydrogens (tertiary/aromatic N) is 5. The lowest BCUT2D eigenvalue weighted by atomic mass is 10.1. The van der Waals surface area contributed by atoms with Crippen LogP contribution in [0.25, 0.3) is 6.08 Å². The maximum atomic E-state index is 13.0. The van der Waals surface area contributed by atoms with Crippen LogP contribution in [-0.2, 0) is 21.9 Å². The van der Waals surface area contributed by atoms with Crippen LogP contribution < -0.4 is 5.73 Å². The molecule has 2 fully saturated rings. The van der Waals surface area contributed by atoms with Crippen molar-refractivity contribution in [3.63, 3.8) is 0 Å². The molecule has 0 spiro atoms. The molecule has 4 rings (SSSR count). The third kappa shape index (κ3) is 4.26. The summed E-state index contributed by atoms with van der Waals surface area (Å²) in [5, 5.41) is 9.66. The van der Waals surface area contributed by atoms with Crippen molar-refractivity contribution in [3.05, 3.63) is 46.5 Å². The molecule has 2 aromatic rings. The summed E-state index contributed by atoms with van der Waals surface area (Å²) < 4.78 is 30.9. The van der Waals surface area contributed by atoms with E-state index < -0.39 is 21.8 Å². The summed E-state index contributed by atoms with van der Waals surface area (Å²) in [6.45, 7) is 4.51. The first kappa shape index (κ1) is 23.8. The standard InChI is InChI=1S/C23H28N6O4S/c1-15-10-17(16(2)29(15)19-4-5-19)11-18(13-24)23(31)27-6-8-28(9-7-27)34(32,33)20-12-21(22(25)30)26(3)14-20/h10-12,14,19H,4-9H2,1-3H3,(H2,25,30)/b18-11-. The Morgan fingerprint density at radius 3 is 2.32 bits per heavy atom. The molecule has 1 aliphatic heterocycles. The van der Waals surface area contributed by atoms with Gasteiger partial charge in [0.25, 0.3) is 11.8 Å². The van der Waals surface area contributed by atoms with Gasteiger partial charge in [-0.2, -0.15) is 9.57 Å². The Kier molecular flexibility index (Phi) is 6.14. The van der Waals surface area contributed by atoms with Crippen molar-refractivity contribution in [2.24, 2.45) is 12.8 Å². The molecular formula is C23H28N6O4S. The molecule has 10 nitrogen and oxygen atoms in total. The van der Waals surface area contributed by atoms with Crippen molar-refractivity contribution < 1.29 is 18.0 Å². The van der Waals surface area contributed by atoms with Crippen LogP contribution in [0.1, 0.15) is 46.3 Å². The van der Waals surface area contributed by atoms with Crippen LogP contribution in [0.15, 0.2) is 28.8 Å². The van der Waals surface area contributed by atoms with E-state index in [1.807, 2.05) is 26.0 Å². The van der Waals surface area contributed by atoms with Crippen molar-refractivity contribution in [1.29, 1.82) is 5.26 Å². The number of carbonyl (C=O) groups is 2. The first-order valence-corrected chi connectivity index (χ1v) is 12.5. The van der Waals surface area contributed by atoms with E-state index in [1.54, 1.807) is 13.1 Å². The van der Waals surface area contributed by atoms with Gasteiger partial charge >= 0.3 is 0 Å². The number of aryl methyl sites for hydroxylation is 2. The predicted octanol–water partition coefficient (Wildman–Crippen LogP) is 1.32. The highest BCUT2D eigenvalue weighted by molar-refractivity contribution is 7.89. The van der Waals surface area contributed by atoms with Gasteiger partial charge in [-0.05, 0) is 50.5 Å². The number of nitriles is 1. The SMILES string of the molecule is Cc1cc(/C=C(/C#N)C(=O)N2CCN(S(=O)(=O)c3cc(C(N)=O)n(C)c3)CC2)c(C)n1C1CC1. The molecule has 0 bridgehead atoms. The maximum Gasteiger partial charge on any atom is 0.265 e. The number of hydrogen-bond donors (Lipinski definition) is 1. The molecule has 11 heteroatoms. The molecular weight excluding hydrogens is 456 g/mol. The molecule has 0 radical (unpaired) electrons. The largest absolute Gasteiger partial charge is 0.364 e. The second-order valence-corrected chi connectivity index (χ2v) is 10.8. The van der Waals surface area contributed by atoms with Gasteiger partial charge in [-0.15, -0.1) is 0 Å². The summed E-state index contributed by atoms with van der Waals surface area (Å²) in [6.07, 6.45) is 5.26. The maximum absolute atomic E-state index is 13.0. The van der Waals surface area contributed by atoms with Gasteiger partial charge in [0.2, 0.25) is 10.0 Å². The van der Waals surface area contributed by atoms with E-state index in [2.05, 4.69) is 4.57 Å². The van der Waals surface area contributed by atoms with Gasteiger partial charge in [0.15, 0.2) is 0 Å². The normalized spacial score (nSPS) is 17.6. The first-order valence-electron chi connectivity index (χ1n) is 11.1. The number of sulfonamides is 1. The predicted molar refractivity (Wildman–Crippen MR) is 125 cm³/mol. The molecule has 0 unspecified atom stereocenters. The summed E-state index contributed by atoms with van der Waals surface area (Å²) in [5.74, 6) is -1.13. The Morgan fingerprint density at radius 1 is 1.15 bits per heavy atom. The lowest BCUT2D eigenvalue weighted by molar-refractivity contribution is -0.127. The third-order valence-corrected chi connectivity index (χ3v) is 8.35. The van der Waals surface area contributed by atoms with Gasteiger partial charge in [-0.25, -0.2) is 8.42 Å². The minimum atomic E-state index is -3.85. The van der Waals surface area contributed by atoms with Crippen LogP contribution in [0.4, 0.5) is 0 Å². The van der Waals surface area contributed by atoms with Crippen LogP contribution in [0.5, 0.6) is 0 Å². The Labute approximate surface area is 198 Å². The summed E-state index contributed by atoms with van der Waals surface area (Å²) in [7, 11) is -2.30. The van der Waals surface area contributed by atoms with E-state index in [9.17, 15) is 23.3 Å². The molecule has 180 valence electrons. The highest BCUT2D eigenvalue weighted by Gasteiger charge is 2.33. The smallest absolute Gasteiger partial charge is 0.265 e. The van der Waals surface area contributed by atoms with Gasteiger partial charge in [0.1, 0.15) is 22.2 Å². The van der Waals surface area contributed by atoms with Gasteiger partial charge in [-0.1, -0.05) is 0 Å². The van der Waals surface area contributed by atoms with Gasteiger partial charge in [-0.3, -0.25) is 9.59 Å². The third-order valence-electron chi connectivity index (χ3n) is 6.48. The van der Waals surface area contributed by atoms with Crippen LogP contribution in [0.2, 0.25) is 0 Å². The quantitative estimate of drug-likeness (QED) is 0.487. The number of primary amides is 1. The monoisotopic (exact) mass is 484 g/mol. The van der Waals surface area contributed by atoms with Crippen molar-refractivity contribution in [3.8, 4) is 6.07 Å². The van der Waals surface area contributed by atoms with Crippen LogP contribution in [-0.4, -0.2) is 64.8 Å². The Hall–Kier alpha value is -3.36. The van der Waals surface area contributed by atoms with E-state index in [0.29, 0.717) is 6.04 Å². The van der Waals surface area contributed by atoms with Crippen molar-refractivity contribution in [1.82, 2.24) is 18.3 Å². The molecule has 2 amide bonds. The number of hydrogen-bond acceptors (Lipinski definition) is 5. The Balaban J connectivity index is 1.47. The minimum Gasteiger partial charge on any atom is -0.364 e. The Morgan fingerprint density at radius 2 is 1.79 bits per heavy atom. The zero-order valence-corrected chi connectivity index (χ0v) is 20.3. The molecule has 0 atom stereocenters. The summed E-state index contributed by atoms with van der Waals surface area (Å²) in [6, 6.07) is 5.76. The van der Waals surface area contributed by atoms with Gasteiger partial charge in [0, 0.05) is 56.9 Å². The number of piperazine rings is 1. The van der Waals surface area contributed by atoms with Crippen molar-refractivity contribution >= 4 is 27.9 Å². The lowest BCUT2D eigenvalue weighted by Gasteiger charge is -2.33. The molecule has 2 N–H and O–H groups in total. The van der Waals surface area contributed by atoms with E-state index in [-0.39, 0.29) is 42.3 Å². The van der Waals surface area contributed by atoms with Crippen LogP contribution in [0.3, 0.4) is 0 Å². The molecule has 2 aliphatic rings. The van der Waals surface area contributed by atoms with Crippen LogP contribution in [0, 0.1) is 25.2 Å². The minimum absolute atomic E-state index is 0.0211. The van der Waals surface area contributed by atoms with E-state index in [4.69, 9.17) is 5.73 Å². The topological polar surface area (TPSA) is 134 Å². The van der Waals surface area contributed by atoms with E-state index >= 15 is 0 Å². The lowest BCUT2D eigenvalue weighted by Crippen LogP contribution is -2.50. The number of aromatic nitrogens is 2. The first-order chi connectivity index (χ1) is 16.0.